The van der Waals surface area contributed by atoms with Crippen LogP contribution >= 0.6 is 0 Å². The molecule has 0 saturated carbocycles. The molecule has 0 radical (unpaired) electrons. The molecule has 1 aromatic carbocycles. The molecule has 0 aliphatic rings. The van der Waals surface area contributed by atoms with Crippen LogP contribution in [0.4, 0.5) is 0 Å². The van der Waals surface area contributed by atoms with Gasteiger partial charge < -0.3 is 20.3 Å². The van der Waals surface area contributed by atoms with E-state index in [9.17, 15) is 20.1 Å². The minimum Gasteiger partial charge on any atom is -0.504 e. The van der Waals surface area contributed by atoms with Gasteiger partial charge in [0.25, 0.3) is 0 Å². The lowest BCUT2D eigenvalue weighted by atomic mass is 10.0. The minimum absolute atomic E-state index is 0.0000491. The average Bonchev–Trinajstić information content (AvgIpc) is 2.91. The van der Waals surface area contributed by atoms with E-state index in [1.807, 2.05) is 6.07 Å². The zero-order valence-electron chi connectivity index (χ0n) is 11.3. The first kappa shape index (κ1) is 13.7. The van der Waals surface area contributed by atoms with Crippen LogP contribution < -0.4 is 0 Å². The number of pyridine rings is 1. The number of hydrogen-bond acceptors (Lipinski definition) is 4. The van der Waals surface area contributed by atoms with Crippen LogP contribution in [0.2, 0.25) is 0 Å². The Morgan fingerprint density at radius 2 is 2.00 bits per heavy atom. The number of hydrogen-bond donors (Lipinski definition) is 4. The number of H-pyrrole nitrogens is 1. The number of nitrogens with one attached hydrogen (secondary N) is 1. The molecule has 110 valence electrons. The van der Waals surface area contributed by atoms with Crippen LogP contribution in [0.15, 0.2) is 42.7 Å². The number of aromatic amines is 1. The van der Waals surface area contributed by atoms with Gasteiger partial charge in [0.05, 0.1) is 5.57 Å². The number of aliphatic carboxylic acids is 1. The maximum Gasteiger partial charge on any atom is 0.336 e. The van der Waals surface area contributed by atoms with Crippen LogP contribution in [0.25, 0.3) is 22.7 Å². The first-order valence-electron chi connectivity index (χ1n) is 6.45. The van der Waals surface area contributed by atoms with Crippen molar-refractivity contribution in [1.29, 1.82) is 0 Å². The number of carboxylic acids is 1. The average molecular weight is 296 g/mol. The van der Waals surface area contributed by atoms with E-state index in [-0.39, 0.29) is 17.1 Å². The summed E-state index contributed by atoms with van der Waals surface area (Å²) in [5, 5.41) is 29.1. The number of carboxylic acid groups (broad SMARTS) is 1. The van der Waals surface area contributed by atoms with Crippen LogP contribution in [0.1, 0.15) is 11.1 Å². The number of aromatic nitrogens is 2. The molecule has 2 heterocycles. The summed E-state index contributed by atoms with van der Waals surface area (Å²) < 4.78 is 0. The molecule has 0 fully saturated rings. The van der Waals surface area contributed by atoms with Crippen molar-refractivity contribution >= 4 is 28.7 Å². The third kappa shape index (κ3) is 2.37. The summed E-state index contributed by atoms with van der Waals surface area (Å²) in [5.41, 5.74) is 1.63. The van der Waals surface area contributed by atoms with Gasteiger partial charge in [0.2, 0.25) is 0 Å². The Bertz CT molecular complexity index is 896. The van der Waals surface area contributed by atoms with Crippen molar-refractivity contribution in [1.82, 2.24) is 9.97 Å². The van der Waals surface area contributed by atoms with E-state index in [0.717, 1.165) is 5.39 Å². The highest BCUT2D eigenvalue weighted by Gasteiger charge is 2.14. The fraction of sp³-hybridized carbons (Fsp3) is 0. The number of carbonyl (C=O) groups is 1. The predicted octanol–water partition coefficient (Wildman–Crippen LogP) is 2.60. The summed E-state index contributed by atoms with van der Waals surface area (Å²) in [5.74, 6) is -1.81. The van der Waals surface area contributed by atoms with Gasteiger partial charge in [-0.05, 0) is 35.9 Å². The third-order valence-electron chi connectivity index (χ3n) is 3.30. The van der Waals surface area contributed by atoms with Gasteiger partial charge in [0, 0.05) is 23.3 Å². The van der Waals surface area contributed by atoms with Gasteiger partial charge in [-0.25, -0.2) is 9.78 Å². The Hall–Kier alpha value is -3.28. The largest absolute Gasteiger partial charge is 0.504 e. The molecule has 4 N–H and O–H groups in total. The van der Waals surface area contributed by atoms with Crippen LogP contribution in [-0.4, -0.2) is 31.3 Å². The summed E-state index contributed by atoms with van der Waals surface area (Å²) in [7, 11) is 0. The van der Waals surface area contributed by atoms with E-state index in [0.29, 0.717) is 16.8 Å². The quantitative estimate of drug-likeness (QED) is 0.439. The number of aromatic hydroxyl groups is 2. The van der Waals surface area contributed by atoms with E-state index >= 15 is 0 Å². The smallest absolute Gasteiger partial charge is 0.336 e. The van der Waals surface area contributed by atoms with Crippen LogP contribution in [0, 0.1) is 0 Å². The first-order valence-corrected chi connectivity index (χ1v) is 6.45. The lowest BCUT2D eigenvalue weighted by Crippen LogP contribution is -1.99. The van der Waals surface area contributed by atoms with Crippen LogP contribution in [0.3, 0.4) is 0 Å². The van der Waals surface area contributed by atoms with Gasteiger partial charge in [-0.15, -0.1) is 0 Å². The molecule has 0 amide bonds. The molecular formula is C16H12N2O4. The topological polar surface area (TPSA) is 106 Å². The number of phenols is 2. The molecule has 0 aliphatic carbocycles. The molecule has 0 saturated heterocycles. The van der Waals surface area contributed by atoms with E-state index in [1.54, 1.807) is 18.5 Å². The van der Waals surface area contributed by atoms with Gasteiger partial charge in [-0.3, -0.25) is 0 Å². The maximum atomic E-state index is 11.5. The molecule has 0 aliphatic heterocycles. The zero-order chi connectivity index (χ0) is 15.7. The van der Waals surface area contributed by atoms with Gasteiger partial charge >= 0.3 is 5.97 Å². The number of rotatable bonds is 3. The lowest BCUT2D eigenvalue weighted by molar-refractivity contribution is -0.130. The van der Waals surface area contributed by atoms with Crippen molar-refractivity contribution in [3.63, 3.8) is 0 Å². The SMILES string of the molecule is O=C(O)C(=Cc1c[nH]c2ncccc12)c1ccc(O)c(O)c1. The number of nitrogens with zero attached hydrogens (tertiary/aromatic N) is 1. The lowest BCUT2D eigenvalue weighted by Gasteiger charge is -2.05. The number of benzene rings is 1. The molecule has 3 rings (SSSR count). The van der Waals surface area contributed by atoms with Crippen molar-refractivity contribution in [3.05, 3.63) is 53.9 Å². The second-order valence-electron chi connectivity index (χ2n) is 4.71. The molecule has 6 heteroatoms. The molecule has 6 nitrogen and oxygen atoms in total. The molecule has 0 atom stereocenters. The number of fused-ring (bicyclic) bond motifs is 1. The molecule has 0 bridgehead atoms. The van der Waals surface area contributed by atoms with E-state index < -0.39 is 5.97 Å². The number of phenolic OH excluding ortho intramolecular Hbond substituents is 2. The third-order valence-corrected chi connectivity index (χ3v) is 3.30. The van der Waals surface area contributed by atoms with Crippen molar-refractivity contribution in [3.8, 4) is 11.5 Å². The Labute approximate surface area is 125 Å². The molecule has 22 heavy (non-hydrogen) atoms. The second-order valence-corrected chi connectivity index (χ2v) is 4.71. The van der Waals surface area contributed by atoms with Crippen molar-refractivity contribution < 1.29 is 20.1 Å². The van der Waals surface area contributed by atoms with E-state index in [4.69, 9.17) is 0 Å². The van der Waals surface area contributed by atoms with E-state index in [1.165, 1.54) is 24.3 Å². The van der Waals surface area contributed by atoms with Crippen molar-refractivity contribution in [2.24, 2.45) is 0 Å². The molecule has 2 aromatic heterocycles. The molecule has 3 aromatic rings. The normalized spacial score (nSPS) is 11.7. The first-order chi connectivity index (χ1) is 10.6. The van der Waals surface area contributed by atoms with Crippen molar-refractivity contribution in [2.75, 3.05) is 0 Å². The predicted molar refractivity (Wildman–Crippen MR) is 81.4 cm³/mol. The fourth-order valence-electron chi connectivity index (χ4n) is 2.21. The Morgan fingerprint density at radius 1 is 1.18 bits per heavy atom. The summed E-state index contributed by atoms with van der Waals surface area (Å²) >= 11 is 0. The maximum absolute atomic E-state index is 11.5. The van der Waals surface area contributed by atoms with Crippen LogP contribution in [0.5, 0.6) is 11.5 Å². The molecular weight excluding hydrogens is 284 g/mol. The van der Waals surface area contributed by atoms with Crippen LogP contribution in [-0.2, 0) is 4.79 Å². The fourth-order valence-corrected chi connectivity index (χ4v) is 2.21. The Balaban J connectivity index is 2.15. The van der Waals surface area contributed by atoms with Crippen molar-refractivity contribution in [2.45, 2.75) is 0 Å². The monoisotopic (exact) mass is 296 g/mol. The Kier molecular flexibility index (Phi) is 3.27. The highest BCUT2D eigenvalue weighted by molar-refractivity contribution is 6.21. The van der Waals surface area contributed by atoms with Gasteiger partial charge in [-0.1, -0.05) is 6.07 Å². The molecule has 0 unspecified atom stereocenters. The highest BCUT2D eigenvalue weighted by atomic mass is 16.4. The zero-order valence-corrected chi connectivity index (χ0v) is 11.3. The molecule has 0 spiro atoms. The van der Waals surface area contributed by atoms with Gasteiger partial charge in [-0.2, -0.15) is 0 Å². The summed E-state index contributed by atoms with van der Waals surface area (Å²) in [6.07, 6.45) is 4.80. The summed E-state index contributed by atoms with van der Waals surface area (Å²) in [6.45, 7) is 0. The highest BCUT2D eigenvalue weighted by Crippen LogP contribution is 2.30. The summed E-state index contributed by atoms with van der Waals surface area (Å²) in [6, 6.07) is 7.49. The Morgan fingerprint density at radius 3 is 2.73 bits per heavy atom. The second kappa shape index (κ2) is 5.25. The van der Waals surface area contributed by atoms with Gasteiger partial charge in [0.1, 0.15) is 5.65 Å². The minimum atomic E-state index is -1.14. The van der Waals surface area contributed by atoms with Gasteiger partial charge in [0.15, 0.2) is 11.5 Å². The standard InChI is InChI=1S/C16H12N2O4/c19-13-4-3-9(7-14(13)20)12(16(21)22)6-10-8-18-15-11(10)2-1-5-17-15/h1-8,19-20H,(H,17,18)(H,21,22). The summed E-state index contributed by atoms with van der Waals surface area (Å²) in [4.78, 5) is 18.6. The van der Waals surface area contributed by atoms with E-state index in [2.05, 4.69) is 9.97 Å².